The molecule has 1 aromatic rings. The zero-order valence-electron chi connectivity index (χ0n) is 7.35. The van der Waals surface area contributed by atoms with E-state index in [1.54, 1.807) is 0 Å². The van der Waals surface area contributed by atoms with E-state index in [1.165, 1.54) is 25.0 Å². The van der Waals surface area contributed by atoms with Gasteiger partial charge >= 0.3 is 0 Å². The van der Waals surface area contributed by atoms with E-state index in [0.29, 0.717) is 11.7 Å². The molecule has 1 aliphatic heterocycles. The van der Waals surface area contributed by atoms with Crippen molar-refractivity contribution in [1.82, 2.24) is 10.1 Å². The zero-order chi connectivity index (χ0) is 9.10. The molecule has 0 aliphatic carbocycles. The van der Waals surface area contributed by atoms with Crippen LogP contribution in [0, 0.1) is 5.92 Å². The largest absolute Gasteiger partial charge is 0.343 e. The third-order valence-corrected chi connectivity index (χ3v) is 3.62. The molecular formula is C8H13N3OS. The topological polar surface area (TPSA) is 64.9 Å². The van der Waals surface area contributed by atoms with Crippen molar-refractivity contribution >= 4 is 11.8 Å². The van der Waals surface area contributed by atoms with E-state index in [0.717, 1.165) is 5.75 Å². The molecular weight excluding hydrogens is 186 g/mol. The summed E-state index contributed by atoms with van der Waals surface area (Å²) in [7, 11) is 0. The van der Waals surface area contributed by atoms with E-state index in [4.69, 9.17) is 5.73 Å². The highest BCUT2D eigenvalue weighted by molar-refractivity contribution is 7.99. The number of rotatable bonds is 2. The molecule has 0 saturated carbocycles. The Hall–Kier alpha value is -0.550. The van der Waals surface area contributed by atoms with E-state index >= 15 is 0 Å². The van der Waals surface area contributed by atoms with E-state index in [9.17, 15) is 0 Å². The first-order valence-electron chi connectivity index (χ1n) is 4.47. The van der Waals surface area contributed by atoms with E-state index in [-0.39, 0.29) is 6.04 Å². The minimum atomic E-state index is -0.0495. The van der Waals surface area contributed by atoms with Crippen molar-refractivity contribution in [1.29, 1.82) is 0 Å². The van der Waals surface area contributed by atoms with Crippen LogP contribution in [0.1, 0.15) is 24.7 Å². The second-order valence-electron chi connectivity index (χ2n) is 3.29. The Labute approximate surface area is 81.3 Å². The lowest BCUT2D eigenvalue weighted by molar-refractivity contribution is 0.374. The van der Waals surface area contributed by atoms with Crippen LogP contribution in [0.3, 0.4) is 0 Å². The molecule has 1 saturated heterocycles. The number of hydrogen-bond donors (Lipinski definition) is 1. The van der Waals surface area contributed by atoms with Gasteiger partial charge in [-0.05, 0) is 30.3 Å². The van der Waals surface area contributed by atoms with Gasteiger partial charge in [0.2, 0.25) is 6.39 Å². The summed E-state index contributed by atoms with van der Waals surface area (Å²) in [6, 6.07) is -0.0495. The molecule has 2 rings (SSSR count). The lowest BCUT2D eigenvalue weighted by Gasteiger charge is -2.24. The molecule has 1 aromatic heterocycles. The summed E-state index contributed by atoms with van der Waals surface area (Å²) in [6.45, 7) is 0. The molecule has 13 heavy (non-hydrogen) atoms. The normalized spacial score (nSPS) is 25.8. The van der Waals surface area contributed by atoms with Crippen LogP contribution >= 0.6 is 11.8 Å². The van der Waals surface area contributed by atoms with Crippen molar-refractivity contribution in [3.05, 3.63) is 12.2 Å². The van der Waals surface area contributed by atoms with Crippen LogP contribution in [0.4, 0.5) is 0 Å². The van der Waals surface area contributed by atoms with Gasteiger partial charge in [-0.25, -0.2) is 0 Å². The van der Waals surface area contributed by atoms with Crippen molar-refractivity contribution < 1.29 is 4.52 Å². The Bertz CT molecular complexity index is 246. The van der Waals surface area contributed by atoms with Crippen LogP contribution in [0.25, 0.3) is 0 Å². The molecule has 0 radical (unpaired) electrons. The quantitative estimate of drug-likeness (QED) is 0.775. The van der Waals surface area contributed by atoms with Crippen LogP contribution in [0.2, 0.25) is 0 Å². The Balaban J connectivity index is 1.99. The van der Waals surface area contributed by atoms with E-state index < -0.39 is 0 Å². The highest BCUT2D eigenvalue weighted by Gasteiger charge is 2.24. The summed E-state index contributed by atoms with van der Waals surface area (Å²) in [5.41, 5.74) is 6.02. The first-order chi connectivity index (χ1) is 6.38. The number of nitrogens with two attached hydrogens (primary N) is 1. The van der Waals surface area contributed by atoms with Gasteiger partial charge in [0.15, 0.2) is 5.82 Å². The van der Waals surface area contributed by atoms with Gasteiger partial charge in [0.1, 0.15) is 0 Å². The predicted octanol–water partition coefficient (Wildman–Crippen LogP) is 1.21. The first kappa shape index (κ1) is 9.02. The first-order valence-corrected chi connectivity index (χ1v) is 5.63. The Morgan fingerprint density at radius 3 is 3.23 bits per heavy atom. The maximum absolute atomic E-state index is 6.02. The SMILES string of the molecule is NC(c1ncon1)C1CCCSC1. The molecule has 0 aromatic carbocycles. The molecule has 4 nitrogen and oxygen atoms in total. The van der Waals surface area contributed by atoms with Crippen molar-refractivity contribution in [2.24, 2.45) is 11.7 Å². The van der Waals surface area contributed by atoms with Crippen molar-refractivity contribution in [3.8, 4) is 0 Å². The molecule has 0 amide bonds. The predicted molar refractivity (Wildman–Crippen MR) is 51.3 cm³/mol. The molecule has 2 heterocycles. The third-order valence-electron chi connectivity index (χ3n) is 2.38. The standard InChI is InChI=1S/C8H13N3OS/c9-7(8-10-5-12-11-8)6-2-1-3-13-4-6/h5-7H,1-4,9H2. The lowest BCUT2D eigenvalue weighted by atomic mass is 9.96. The monoisotopic (exact) mass is 199 g/mol. The average Bonchev–Trinajstić information content (AvgIpc) is 2.71. The van der Waals surface area contributed by atoms with Crippen LogP contribution in [0.5, 0.6) is 0 Å². The molecule has 1 aliphatic rings. The van der Waals surface area contributed by atoms with Gasteiger partial charge in [0, 0.05) is 0 Å². The highest BCUT2D eigenvalue weighted by atomic mass is 32.2. The Morgan fingerprint density at radius 2 is 2.62 bits per heavy atom. The third kappa shape index (κ3) is 2.03. The summed E-state index contributed by atoms with van der Waals surface area (Å²) < 4.78 is 4.68. The molecule has 1 fully saturated rings. The minimum absolute atomic E-state index is 0.0495. The second-order valence-corrected chi connectivity index (χ2v) is 4.44. The minimum Gasteiger partial charge on any atom is -0.343 e. The van der Waals surface area contributed by atoms with Gasteiger partial charge in [0.05, 0.1) is 6.04 Å². The number of thioether (sulfide) groups is 1. The molecule has 2 unspecified atom stereocenters. The number of aromatic nitrogens is 2. The lowest BCUT2D eigenvalue weighted by Crippen LogP contribution is -2.26. The van der Waals surface area contributed by atoms with Crippen molar-refractivity contribution in [3.63, 3.8) is 0 Å². The zero-order valence-corrected chi connectivity index (χ0v) is 8.17. The molecule has 5 heteroatoms. The van der Waals surface area contributed by atoms with Gasteiger partial charge < -0.3 is 10.3 Å². The van der Waals surface area contributed by atoms with Gasteiger partial charge in [-0.2, -0.15) is 16.7 Å². The van der Waals surface area contributed by atoms with Crippen molar-refractivity contribution in [2.75, 3.05) is 11.5 Å². The molecule has 2 N–H and O–H groups in total. The van der Waals surface area contributed by atoms with Gasteiger partial charge in [-0.3, -0.25) is 0 Å². The Morgan fingerprint density at radius 1 is 1.69 bits per heavy atom. The van der Waals surface area contributed by atoms with E-state index in [2.05, 4.69) is 14.7 Å². The molecule has 2 atom stereocenters. The molecule has 0 bridgehead atoms. The van der Waals surface area contributed by atoms with Gasteiger partial charge in [-0.1, -0.05) is 5.16 Å². The maximum Gasteiger partial charge on any atom is 0.213 e. The summed E-state index contributed by atoms with van der Waals surface area (Å²) in [6.07, 6.45) is 3.77. The van der Waals surface area contributed by atoms with Crippen LogP contribution in [-0.4, -0.2) is 21.6 Å². The summed E-state index contributed by atoms with van der Waals surface area (Å²) in [5, 5.41) is 3.77. The van der Waals surface area contributed by atoms with Crippen LogP contribution < -0.4 is 5.73 Å². The molecule has 72 valence electrons. The number of nitrogens with zero attached hydrogens (tertiary/aromatic N) is 2. The summed E-state index contributed by atoms with van der Waals surface area (Å²) >= 11 is 1.96. The van der Waals surface area contributed by atoms with Gasteiger partial charge in [0.25, 0.3) is 0 Å². The maximum atomic E-state index is 6.02. The van der Waals surface area contributed by atoms with Crippen LogP contribution in [0.15, 0.2) is 10.9 Å². The number of hydrogen-bond acceptors (Lipinski definition) is 5. The van der Waals surface area contributed by atoms with E-state index in [1.807, 2.05) is 11.8 Å². The highest BCUT2D eigenvalue weighted by Crippen LogP contribution is 2.29. The summed E-state index contributed by atoms with van der Waals surface area (Å²) in [4.78, 5) is 3.98. The summed E-state index contributed by atoms with van der Waals surface area (Å²) in [5.74, 6) is 3.54. The molecule has 0 spiro atoms. The Kier molecular flexibility index (Phi) is 2.85. The fourth-order valence-electron chi connectivity index (χ4n) is 1.59. The van der Waals surface area contributed by atoms with Gasteiger partial charge in [-0.15, -0.1) is 0 Å². The smallest absolute Gasteiger partial charge is 0.213 e. The second kappa shape index (κ2) is 4.11. The average molecular weight is 199 g/mol. The fraction of sp³-hybridized carbons (Fsp3) is 0.750. The van der Waals surface area contributed by atoms with Crippen LogP contribution in [-0.2, 0) is 0 Å². The van der Waals surface area contributed by atoms with Crippen molar-refractivity contribution in [2.45, 2.75) is 18.9 Å². The fourth-order valence-corrected chi connectivity index (χ4v) is 2.80.